The Bertz CT molecular complexity index is 479. The molecule has 1 heterocycles. The van der Waals surface area contributed by atoms with Crippen LogP contribution >= 0.6 is 0 Å². The van der Waals surface area contributed by atoms with Gasteiger partial charge in [-0.05, 0) is 25.0 Å². The molecule has 4 nitrogen and oxygen atoms in total. The molecule has 2 amide bonds. The lowest BCUT2D eigenvalue weighted by atomic mass is 9.69. The van der Waals surface area contributed by atoms with Gasteiger partial charge >= 0.3 is 0 Å². The van der Waals surface area contributed by atoms with Crippen molar-refractivity contribution >= 4 is 11.8 Å². The van der Waals surface area contributed by atoms with Crippen LogP contribution in [0.2, 0.25) is 0 Å². The molecule has 18 heavy (non-hydrogen) atoms. The number of hydrogen-bond donors (Lipinski definition) is 1. The quantitative estimate of drug-likeness (QED) is 0.820. The number of nitrogens with zero attached hydrogens (tertiary/aromatic N) is 1. The monoisotopic (exact) mass is 245 g/mol. The van der Waals surface area contributed by atoms with Crippen LogP contribution in [0.5, 0.6) is 0 Å². The summed E-state index contributed by atoms with van der Waals surface area (Å²) in [6, 6.07) is 6.89. The maximum Gasteiger partial charge on any atom is 0.261 e. The standard InChI is InChI=1S/C14H15NO3/c16-9-14(6-3-7-14)8-15-12(17)10-4-1-2-5-11(10)13(15)18/h1-2,4-5,16H,3,6-9H2. The van der Waals surface area contributed by atoms with E-state index < -0.39 is 0 Å². The van der Waals surface area contributed by atoms with Crippen molar-refractivity contribution in [2.24, 2.45) is 5.41 Å². The summed E-state index contributed by atoms with van der Waals surface area (Å²) in [6.45, 7) is 0.385. The Morgan fingerprint density at radius 1 is 1.11 bits per heavy atom. The molecular weight excluding hydrogens is 230 g/mol. The van der Waals surface area contributed by atoms with Gasteiger partial charge in [0.2, 0.25) is 0 Å². The summed E-state index contributed by atoms with van der Waals surface area (Å²) in [6.07, 6.45) is 2.83. The van der Waals surface area contributed by atoms with Gasteiger partial charge in [-0.15, -0.1) is 0 Å². The molecule has 0 bridgehead atoms. The van der Waals surface area contributed by atoms with Gasteiger partial charge in [0.1, 0.15) is 0 Å². The number of benzene rings is 1. The molecule has 4 heteroatoms. The molecule has 0 spiro atoms. The number of rotatable bonds is 3. The Morgan fingerprint density at radius 2 is 1.67 bits per heavy atom. The highest BCUT2D eigenvalue weighted by molar-refractivity contribution is 6.21. The molecule has 1 aromatic carbocycles. The fraction of sp³-hybridized carbons (Fsp3) is 0.429. The van der Waals surface area contributed by atoms with E-state index in [4.69, 9.17) is 0 Å². The average Bonchev–Trinajstić information content (AvgIpc) is 2.59. The molecule has 1 saturated carbocycles. The zero-order chi connectivity index (χ0) is 12.8. The third kappa shape index (κ3) is 1.49. The van der Waals surface area contributed by atoms with Gasteiger partial charge in [-0.1, -0.05) is 18.6 Å². The second-order valence-electron chi connectivity index (χ2n) is 5.25. The van der Waals surface area contributed by atoms with Gasteiger partial charge in [-0.3, -0.25) is 14.5 Å². The SMILES string of the molecule is O=C1c2ccccc2C(=O)N1CC1(CO)CCC1. The Kier molecular flexibility index (Phi) is 2.48. The highest BCUT2D eigenvalue weighted by Crippen LogP contribution is 2.42. The molecule has 0 aromatic heterocycles. The Hall–Kier alpha value is -1.68. The van der Waals surface area contributed by atoms with Crippen LogP contribution in [-0.4, -0.2) is 35.0 Å². The number of carbonyl (C=O) groups is 2. The third-order valence-corrected chi connectivity index (χ3v) is 4.12. The minimum atomic E-state index is -0.257. The summed E-state index contributed by atoms with van der Waals surface area (Å²) >= 11 is 0. The van der Waals surface area contributed by atoms with Crippen LogP contribution < -0.4 is 0 Å². The van der Waals surface area contributed by atoms with Crippen LogP contribution in [0.25, 0.3) is 0 Å². The molecule has 1 aliphatic heterocycles. The second kappa shape index (κ2) is 3.92. The van der Waals surface area contributed by atoms with Crippen LogP contribution in [0.3, 0.4) is 0 Å². The van der Waals surface area contributed by atoms with E-state index in [2.05, 4.69) is 0 Å². The average molecular weight is 245 g/mol. The molecule has 1 aromatic rings. The van der Waals surface area contributed by atoms with Gasteiger partial charge in [0.15, 0.2) is 0 Å². The smallest absolute Gasteiger partial charge is 0.261 e. The normalized spacial score (nSPS) is 20.8. The number of fused-ring (bicyclic) bond motifs is 1. The number of aliphatic hydroxyl groups excluding tert-OH is 1. The second-order valence-corrected chi connectivity index (χ2v) is 5.25. The van der Waals surface area contributed by atoms with Crippen molar-refractivity contribution in [1.82, 2.24) is 4.90 Å². The highest BCUT2D eigenvalue weighted by atomic mass is 16.3. The Labute approximate surface area is 105 Å². The summed E-state index contributed by atoms with van der Waals surface area (Å²) in [7, 11) is 0. The largest absolute Gasteiger partial charge is 0.396 e. The summed E-state index contributed by atoms with van der Waals surface area (Å²) in [4.78, 5) is 25.6. The van der Waals surface area contributed by atoms with E-state index in [0.717, 1.165) is 19.3 Å². The minimum Gasteiger partial charge on any atom is -0.396 e. The minimum absolute atomic E-state index is 0.0421. The lowest BCUT2D eigenvalue weighted by Crippen LogP contribution is -2.46. The van der Waals surface area contributed by atoms with E-state index >= 15 is 0 Å². The highest BCUT2D eigenvalue weighted by Gasteiger charge is 2.44. The van der Waals surface area contributed by atoms with E-state index in [1.807, 2.05) is 0 Å². The van der Waals surface area contributed by atoms with Crippen molar-refractivity contribution in [2.75, 3.05) is 13.2 Å². The summed E-state index contributed by atoms with van der Waals surface area (Å²) in [5.41, 5.74) is 0.706. The van der Waals surface area contributed by atoms with Crippen LogP contribution in [0.4, 0.5) is 0 Å². The van der Waals surface area contributed by atoms with Gasteiger partial charge in [0, 0.05) is 12.0 Å². The molecule has 0 radical (unpaired) electrons. The molecule has 2 aliphatic rings. The number of carbonyl (C=O) groups excluding carboxylic acids is 2. The Balaban J connectivity index is 1.88. The fourth-order valence-corrected chi connectivity index (χ4v) is 2.76. The van der Waals surface area contributed by atoms with Crippen molar-refractivity contribution in [2.45, 2.75) is 19.3 Å². The van der Waals surface area contributed by atoms with Crippen LogP contribution in [0.15, 0.2) is 24.3 Å². The Morgan fingerprint density at radius 3 is 2.06 bits per heavy atom. The number of amides is 2. The first-order valence-electron chi connectivity index (χ1n) is 6.23. The number of hydrogen-bond acceptors (Lipinski definition) is 3. The van der Waals surface area contributed by atoms with Gasteiger partial charge in [-0.25, -0.2) is 0 Å². The van der Waals surface area contributed by atoms with Gasteiger partial charge in [0.05, 0.1) is 17.7 Å². The van der Waals surface area contributed by atoms with Crippen molar-refractivity contribution in [3.63, 3.8) is 0 Å². The van der Waals surface area contributed by atoms with Crippen LogP contribution in [0.1, 0.15) is 40.0 Å². The molecule has 1 aliphatic carbocycles. The van der Waals surface area contributed by atoms with Crippen molar-refractivity contribution in [3.8, 4) is 0 Å². The van der Waals surface area contributed by atoms with E-state index in [0.29, 0.717) is 17.7 Å². The molecule has 94 valence electrons. The zero-order valence-corrected chi connectivity index (χ0v) is 10.1. The first-order valence-corrected chi connectivity index (χ1v) is 6.23. The molecule has 1 fully saturated rings. The third-order valence-electron chi connectivity index (χ3n) is 4.12. The number of aliphatic hydroxyl groups is 1. The molecule has 0 saturated heterocycles. The van der Waals surface area contributed by atoms with Gasteiger partial charge in [0.25, 0.3) is 11.8 Å². The van der Waals surface area contributed by atoms with Crippen LogP contribution in [0, 0.1) is 5.41 Å². The van der Waals surface area contributed by atoms with Crippen molar-refractivity contribution in [3.05, 3.63) is 35.4 Å². The summed E-state index contributed by atoms with van der Waals surface area (Å²) in [5.74, 6) is -0.453. The van der Waals surface area contributed by atoms with E-state index in [1.54, 1.807) is 24.3 Å². The van der Waals surface area contributed by atoms with Gasteiger partial charge < -0.3 is 5.11 Å². The molecule has 0 unspecified atom stereocenters. The fourth-order valence-electron chi connectivity index (χ4n) is 2.76. The predicted octanol–water partition coefficient (Wildman–Crippen LogP) is 1.45. The summed E-state index contributed by atoms with van der Waals surface area (Å²) in [5, 5.41) is 9.44. The first-order chi connectivity index (χ1) is 8.67. The summed E-state index contributed by atoms with van der Waals surface area (Å²) < 4.78 is 0. The van der Waals surface area contributed by atoms with E-state index in [-0.39, 0.29) is 23.8 Å². The maximum absolute atomic E-state index is 12.2. The zero-order valence-electron chi connectivity index (χ0n) is 10.1. The van der Waals surface area contributed by atoms with Crippen LogP contribution in [-0.2, 0) is 0 Å². The lowest BCUT2D eigenvalue weighted by molar-refractivity contribution is 0.0120. The molecule has 3 rings (SSSR count). The maximum atomic E-state index is 12.2. The van der Waals surface area contributed by atoms with E-state index in [1.165, 1.54) is 4.90 Å². The molecule has 0 atom stereocenters. The predicted molar refractivity (Wildman–Crippen MR) is 65.2 cm³/mol. The first kappa shape index (κ1) is 11.4. The van der Waals surface area contributed by atoms with Crippen molar-refractivity contribution < 1.29 is 14.7 Å². The molecule has 1 N–H and O–H groups in total. The van der Waals surface area contributed by atoms with Gasteiger partial charge in [-0.2, -0.15) is 0 Å². The number of imide groups is 1. The topological polar surface area (TPSA) is 57.6 Å². The lowest BCUT2D eigenvalue weighted by Gasteiger charge is -2.42. The van der Waals surface area contributed by atoms with E-state index in [9.17, 15) is 14.7 Å². The van der Waals surface area contributed by atoms with Crippen molar-refractivity contribution in [1.29, 1.82) is 0 Å². The molecular formula is C14H15NO3.